The molecular weight excluding hydrogens is 264 g/mol. The Bertz CT molecular complexity index is 594. The summed E-state index contributed by atoms with van der Waals surface area (Å²) in [5, 5.41) is 5.96. The fourth-order valence-corrected chi connectivity index (χ4v) is 1.97. The van der Waals surface area contributed by atoms with Gasteiger partial charge in [-0.15, -0.1) is 0 Å². The number of anilines is 1. The molecule has 0 spiro atoms. The van der Waals surface area contributed by atoms with Crippen molar-refractivity contribution in [3.63, 3.8) is 0 Å². The lowest BCUT2D eigenvalue weighted by molar-refractivity contribution is -0.115. The van der Waals surface area contributed by atoms with Gasteiger partial charge in [-0.3, -0.25) is 4.79 Å². The maximum absolute atomic E-state index is 11.9. The van der Waals surface area contributed by atoms with E-state index in [2.05, 4.69) is 41.8 Å². The van der Waals surface area contributed by atoms with Crippen molar-refractivity contribution in [1.82, 2.24) is 5.32 Å². The molecule has 0 radical (unpaired) electrons. The van der Waals surface area contributed by atoms with Crippen LogP contribution in [0.3, 0.4) is 0 Å². The number of methoxy groups -OCH3 is 1. The highest BCUT2D eigenvalue weighted by molar-refractivity contribution is 5.93. The Kier molecular flexibility index (Phi) is 5.35. The molecule has 2 rings (SSSR count). The van der Waals surface area contributed by atoms with E-state index in [9.17, 15) is 4.79 Å². The number of hydrogen-bond acceptors (Lipinski definition) is 3. The number of para-hydroxylation sites is 2. The Balaban J connectivity index is 1.81. The van der Waals surface area contributed by atoms with Crippen molar-refractivity contribution >= 4 is 11.6 Å². The summed E-state index contributed by atoms with van der Waals surface area (Å²) < 4.78 is 5.20. The zero-order valence-electron chi connectivity index (χ0n) is 12.3. The third kappa shape index (κ3) is 4.61. The number of amides is 1. The fraction of sp³-hybridized carbons (Fsp3) is 0.235. The second kappa shape index (κ2) is 7.45. The van der Waals surface area contributed by atoms with Crippen LogP contribution >= 0.6 is 0 Å². The number of nitrogens with one attached hydrogen (secondary N) is 2. The summed E-state index contributed by atoms with van der Waals surface area (Å²) in [7, 11) is 1.58. The minimum absolute atomic E-state index is 0.0911. The normalized spacial score (nSPS) is 10.2. The van der Waals surface area contributed by atoms with Crippen LogP contribution in [0.1, 0.15) is 11.1 Å². The lowest BCUT2D eigenvalue weighted by atomic mass is 10.1. The molecule has 4 heteroatoms. The number of carbonyl (C=O) groups is 1. The third-order valence-electron chi connectivity index (χ3n) is 3.12. The van der Waals surface area contributed by atoms with Crippen LogP contribution in [0.15, 0.2) is 48.5 Å². The molecule has 0 fully saturated rings. The van der Waals surface area contributed by atoms with Crippen LogP contribution in [0.25, 0.3) is 0 Å². The van der Waals surface area contributed by atoms with Gasteiger partial charge in [-0.05, 0) is 24.6 Å². The Morgan fingerprint density at radius 2 is 1.81 bits per heavy atom. The molecular formula is C17H20N2O2. The zero-order valence-corrected chi connectivity index (χ0v) is 12.3. The number of rotatable bonds is 6. The van der Waals surface area contributed by atoms with Gasteiger partial charge in [0.1, 0.15) is 5.75 Å². The van der Waals surface area contributed by atoms with Gasteiger partial charge in [-0.25, -0.2) is 0 Å². The third-order valence-corrected chi connectivity index (χ3v) is 3.12. The van der Waals surface area contributed by atoms with Crippen LogP contribution in [-0.4, -0.2) is 19.6 Å². The van der Waals surface area contributed by atoms with Crippen LogP contribution in [0, 0.1) is 6.92 Å². The monoisotopic (exact) mass is 284 g/mol. The van der Waals surface area contributed by atoms with Crippen molar-refractivity contribution in [2.45, 2.75) is 13.5 Å². The summed E-state index contributed by atoms with van der Waals surface area (Å²) in [6.45, 7) is 2.98. The average Bonchev–Trinajstić information content (AvgIpc) is 2.50. The first-order valence-electron chi connectivity index (χ1n) is 6.88. The van der Waals surface area contributed by atoms with E-state index in [-0.39, 0.29) is 12.5 Å². The molecule has 2 aromatic rings. The van der Waals surface area contributed by atoms with Gasteiger partial charge in [0.2, 0.25) is 5.91 Å². The predicted octanol–water partition coefficient (Wildman–Crippen LogP) is 2.73. The molecule has 0 heterocycles. The molecule has 0 aliphatic carbocycles. The number of benzene rings is 2. The molecule has 1 amide bonds. The number of ether oxygens (including phenoxy) is 1. The van der Waals surface area contributed by atoms with Gasteiger partial charge in [0.25, 0.3) is 0 Å². The van der Waals surface area contributed by atoms with Crippen molar-refractivity contribution < 1.29 is 9.53 Å². The van der Waals surface area contributed by atoms with E-state index in [0.29, 0.717) is 18.0 Å². The molecule has 2 aromatic carbocycles. The summed E-state index contributed by atoms with van der Waals surface area (Å²) in [5.41, 5.74) is 3.07. The minimum Gasteiger partial charge on any atom is -0.495 e. The van der Waals surface area contributed by atoms with Gasteiger partial charge >= 0.3 is 0 Å². The Hall–Kier alpha value is -2.33. The van der Waals surface area contributed by atoms with E-state index in [4.69, 9.17) is 4.74 Å². The second-order valence-electron chi connectivity index (χ2n) is 4.84. The summed E-state index contributed by atoms with van der Waals surface area (Å²) in [5.74, 6) is 0.566. The molecule has 0 aromatic heterocycles. The Morgan fingerprint density at radius 3 is 2.52 bits per heavy atom. The zero-order chi connectivity index (χ0) is 15.1. The van der Waals surface area contributed by atoms with Crippen LogP contribution in [-0.2, 0) is 11.3 Å². The molecule has 2 N–H and O–H groups in total. The number of aryl methyl sites for hydroxylation is 1. The molecule has 0 unspecified atom stereocenters. The van der Waals surface area contributed by atoms with Gasteiger partial charge in [0, 0.05) is 6.54 Å². The highest BCUT2D eigenvalue weighted by Crippen LogP contribution is 2.22. The molecule has 0 bridgehead atoms. The van der Waals surface area contributed by atoms with Crippen molar-refractivity contribution in [2.24, 2.45) is 0 Å². The van der Waals surface area contributed by atoms with Gasteiger partial charge in [-0.1, -0.05) is 42.0 Å². The van der Waals surface area contributed by atoms with E-state index >= 15 is 0 Å². The average molecular weight is 284 g/mol. The van der Waals surface area contributed by atoms with Crippen molar-refractivity contribution in [3.8, 4) is 5.75 Å². The molecule has 0 saturated heterocycles. The lowest BCUT2D eigenvalue weighted by Gasteiger charge is -2.10. The van der Waals surface area contributed by atoms with Crippen LogP contribution < -0.4 is 15.4 Å². The standard InChI is InChI=1S/C17H20N2O2/c1-13-7-9-14(10-8-13)11-18-12-17(20)19-15-5-3-4-6-16(15)21-2/h3-10,18H,11-12H2,1-2H3,(H,19,20). The maximum atomic E-state index is 11.9. The summed E-state index contributed by atoms with van der Waals surface area (Å²) >= 11 is 0. The summed E-state index contributed by atoms with van der Waals surface area (Å²) in [4.78, 5) is 11.9. The van der Waals surface area contributed by atoms with E-state index in [0.717, 1.165) is 5.56 Å². The van der Waals surface area contributed by atoms with Gasteiger partial charge < -0.3 is 15.4 Å². The fourth-order valence-electron chi connectivity index (χ4n) is 1.97. The van der Waals surface area contributed by atoms with Crippen LogP contribution in [0.2, 0.25) is 0 Å². The second-order valence-corrected chi connectivity index (χ2v) is 4.84. The van der Waals surface area contributed by atoms with E-state index < -0.39 is 0 Å². The van der Waals surface area contributed by atoms with Gasteiger partial charge in [0.05, 0.1) is 19.3 Å². The first-order chi connectivity index (χ1) is 10.2. The topological polar surface area (TPSA) is 50.4 Å². The molecule has 0 atom stereocenters. The molecule has 21 heavy (non-hydrogen) atoms. The van der Waals surface area contributed by atoms with E-state index in [1.807, 2.05) is 24.3 Å². The first-order valence-corrected chi connectivity index (χ1v) is 6.88. The Labute approximate surface area is 125 Å². The molecule has 110 valence electrons. The molecule has 4 nitrogen and oxygen atoms in total. The SMILES string of the molecule is COc1ccccc1NC(=O)CNCc1ccc(C)cc1. The summed E-state index contributed by atoms with van der Waals surface area (Å²) in [6, 6.07) is 15.6. The molecule has 0 aliphatic heterocycles. The first kappa shape index (κ1) is 15.1. The summed E-state index contributed by atoms with van der Waals surface area (Å²) in [6.07, 6.45) is 0. The number of hydrogen-bond donors (Lipinski definition) is 2. The molecule has 0 aliphatic rings. The minimum atomic E-state index is -0.0911. The smallest absolute Gasteiger partial charge is 0.238 e. The van der Waals surface area contributed by atoms with Crippen molar-refractivity contribution in [2.75, 3.05) is 19.0 Å². The predicted molar refractivity (Wildman–Crippen MR) is 84.5 cm³/mol. The largest absolute Gasteiger partial charge is 0.495 e. The van der Waals surface area contributed by atoms with E-state index in [1.54, 1.807) is 7.11 Å². The van der Waals surface area contributed by atoms with Gasteiger partial charge in [-0.2, -0.15) is 0 Å². The highest BCUT2D eigenvalue weighted by Gasteiger charge is 2.06. The Morgan fingerprint density at radius 1 is 1.10 bits per heavy atom. The van der Waals surface area contributed by atoms with Crippen LogP contribution in [0.4, 0.5) is 5.69 Å². The van der Waals surface area contributed by atoms with Crippen LogP contribution in [0.5, 0.6) is 5.75 Å². The van der Waals surface area contributed by atoms with E-state index in [1.165, 1.54) is 5.56 Å². The quantitative estimate of drug-likeness (QED) is 0.857. The molecule has 0 saturated carbocycles. The van der Waals surface area contributed by atoms with Gasteiger partial charge in [0.15, 0.2) is 0 Å². The highest BCUT2D eigenvalue weighted by atomic mass is 16.5. The van der Waals surface area contributed by atoms with Crippen molar-refractivity contribution in [3.05, 3.63) is 59.7 Å². The van der Waals surface area contributed by atoms with Crippen molar-refractivity contribution in [1.29, 1.82) is 0 Å². The lowest BCUT2D eigenvalue weighted by Crippen LogP contribution is -2.27. The number of carbonyl (C=O) groups excluding carboxylic acids is 1. The maximum Gasteiger partial charge on any atom is 0.238 e.